The summed E-state index contributed by atoms with van der Waals surface area (Å²) in [7, 11) is 1.65. The molecule has 0 aliphatic heterocycles. The van der Waals surface area contributed by atoms with Gasteiger partial charge < -0.3 is 15.2 Å². The number of H-pyrrole nitrogens is 1. The average Bonchev–Trinajstić information content (AvgIpc) is 2.56. The van der Waals surface area contributed by atoms with Crippen molar-refractivity contribution >= 4 is 11.8 Å². The fourth-order valence-corrected chi connectivity index (χ4v) is 3.31. The Morgan fingerprint density at radius 1 is 1.15 bits per heavy atom. The van der Waals surface area contributed by atoms with Crippen LogP contribution >= 0.6 is 0 Å². The minimum atomic E-state index is -0.493. The lowest BCUT2D eigenvalue weighted by Crippen LogP contribution is -2.40. The minimum absolute atomic E-state index is 0.0249. The highest BCUT2D eigenvalue weighted by Crippen LogP contribution is 2.18. The highest BCUT2D eigenvalue weighted by atomic mass is 16.2. The fraction of sp³-hybridized carbons (Fsp3) is 0.381. The van der Waals surface area contributed by atoms with Crippen molar-refractivity contribution in [3.8, 4) is 0 Å². The number of aromatic nitrogens is 1. The normalized spacial score (nSPS) is 13.7. The molecule has 27 heavy (non-hydrogen) atoms. The van der Waals surface area contributed by atoms with E-state index in [4.69, 9.17) is 0 Å². The summed E-state index contributed by atoms with van der Waals surface area (Å²) in [6, 6.07) is 7.68. The quantitative estimate of drug-likeness (QED) is 0.852. The molecule has 6 heteroatoms. The van der Waals surface area contributed by atoms with E-state index in [0.29, 0.717) is 12.1 Å². The highest BCUT2D eigenvalue weighted by molar-refractivity contribution is 5.99. The van der Waals surface area contributed by atoms with Gasteiger partial charge in [0.1, 0.15) is 5.56 Å². The van der Waals surface area contributed by atoms with Crippen LogP contribution in [0.1, 0.15) is 56.7 Å². The van der Waals surface area contributed by atoms with E-state index in [0.717, 1.165) is 36.0 Å². The van der Waals surface area contributed by atoms with Gasteiger partial charge in [-0.15, -0.1) is 0 Å². The molecule has 0 spiro atoms. The fourth-order valence-electron chi connectivity index (χ4n) is 3.31. The van der Waals surface area contributed by atoms with Gasteiger partial charge in [-0.1, -0.05) is 29.3 Å². The molecular formula is C21H25N3O3. The predicted molar refractivity (Wildman–Crippen MR) is 104 cm³/mol. The van der Waals surface area contributed by atoms with Crippen LogP contribution in [0.5, 0.6) is 0 Å². The summed E-state index contributed by atoms with van der Waals surface area (Å²) in [5.41, 5.74) is 3.02. The standard InChI is InChI=1S/C21H25N3O3/c1-13-7-14(2)9-15(8-13)12-24(3)21(27)18-10-16(11-22-20(18)26)19(25)23-17-5-4-6-17/h7-11,17H,4-6,12H2,1-3H3,(H,22,26)(H,23,25). The second kappa shape index (κ2) is 7.78. The molecule has 6 nitrogen and oxygen atoms in total. The van der Waals surface area contributed by atoms with Crippen LogP contribution in [0.25, 0.3) is 0 Å². The number of benzene rings is 1. The van der Waals surface area contributed by atoms with Crippen molar-refractivity contribution in [2.45, 2.75) is 45.7 Å². The molecule has 2 amide bonds. The van der Waals surface area contributed by atoms with Gasteiger partial charge >= 0.3 is 0 Å². The molecular weight excluding hydrogens is 342 g/mol. The Labute approximate surface area is 158 Å². The first-order valence-corrected chi connectivity index (χ1v) is 9.19. The lowest BCUT2D eigenvalue weighted by atomic mass is 9.93. The van der Waals surface area contributed by atoms with Gasteiger partial charge in [0.25, 0.3) is 17.4 Å². The third-order valence-electron chi connectivity index (χ3n) is 4.88. The second-order valence-electron chi connectivity index (χ2n) is 7.39. The second-order valence-corrected chi connectivity index (χ2v) is 7.39. The van der Waals surface area contributed by atoms with E-state index < -0.39 is 11.5 Å². The van der Waals surface area contributed by atoms with Crippen LogP contribution in [0, 0.1) is 13.8 Å². The Bertz CT molecular complexity index is 908. The molecule has 0 saturated heterocycles. The maximum absolute atomic E-state index is 12.8. The molecule has 142 valence electrons. The smallest absolute Gasteiger partial charge is 0.260 e. The van der Waals surface area contributed by atoms with Crippen LogP contribution in [0.2, 0.25) is 0 Å². The van der Waals surface area contributed by atoms with Gasteiger partial charge in [-0.2, -0.15) is 0 Å². The molecule has 0 radical (unpaired) electrons. The number of pyridine rings is 1. The Kier molecular flexibility index (Phi) is 5.44. The van der Waals surface area contributed by atoms with E-state index in [1.54, 1.807) is 7.05 Å². The van der Waals surface area contributed by atoms with E-state index in [1.165, 1.54) is 17.2 Å². The largest absolute Gasteiger partial charge is 0.349 e. The zero-order valence-corrected chi connectivity index (χ0v) is 16.0. The van der Waals surface area contributed by atoms with E-state index in [-0.39, 0.29) is 17.5 Å². The van der Waals surface area contributed by atoms with Crippen molar-refractivity contribution in [2.24, 2.45) is 0 Å². The number of nitrogens with zero attached hydrogens (tertiary/aromatic N) is 1. The molecule has 1 aromatic heterocycles. The highest BCUT2D eigenvalue weighted by Gasteiger charge is 2.22. The molecule has 1 fully saturated rings. The van der Waals surface area contributed by atoms with Crippen LogP contribution in [0.3, 0.4) is 0 Å². The maximum atomic E-state index is 12.8. The lowest BCUT2D eigenvalue weighted by molar-refractivity contribution is 0.0783. The van der Waals surface area contributed by atoms with E-state index >= 15 is 0 Å². The summed E-state index contributed by atoms with van der Waals surface area (Å²) in [5.74, 6) is -0.671. The van der Waals surface area contributed by atoms with Crippen molar-refractivity contribution in [3.63, 3.8) is 0 Å². The topological polar surface area (TPSA) is 82.3 Å². The van der Waals surface area contributed by atoms with Crippen LogP contribution in [-0.2, 0) is 6.54 Å². The number of carbonyl (C=O) groups is 2. The van der Waals surface area contributed by atoms with Gasteiger partial charge in [0.05, 0.1) is 5.56 Å². The maximum Gasteiger partial charge on any atom is 0.260 e. The summed E-state index contributed by atoms with van der Waals surface area (Å²) < 4.78 is 0. The van der Waals surface area contributed by atoms with Crippen LogP contribution < -0.4 is 10.9 Å². The molecule has 3 rings (SSSR count). The molecule has 2 N–H and O–H groups in total. The summed E-state index contributed by atoms with van der Waals surface area (Å²) in [5, 5.41) is 2.91. The van der Waals surface area contributed by atoms with Crippen molar-refractivity contribution in [2.75, 3.05) is 7.05 Å². The number of amides is 2. The third kappa shape index (κ3) is 4.45. The summed E-state index contributed by atoms with van der Waals surface area (Å²) in [4.78, 5) is 41.3. The predicted octanol–water partition coefficient (Wildman–Crippen LogP) is 2.55. The lowest BCUT2D eigenvalue weighted by Gasteiger charge is -2.26. The molecule has 2 aromatic rings. The number of aromatic amines is 1. The molecule has 1 aliphatic rings. The molecule has 0 bridgehead atoms. The number of aryl methyl sites for hydroxylation is 2. The minimum Gasteiger partial charge on any atom is -0.349 e. The zero-order valence-electron chi connectivity index (χ0n) is 16.0. The zero-order chi connectivity index (χ0) is 19.6. The Morgan fingerprint density at radius 3 is 2.41 bits per heavy atom. The number of rotatable bonds is 5. The number of hydrogen-bond donors (Lipinski definition) is 2. The SMILES string of the molecule is Cc1cc(C)cc(CN(C)C(=O)c2cc(C(=O)NC3CCC3)c[nH]c2=O)c1. The molecule has 1 saturated carbocycles. The van der Waals surface area contributed by atoms with Crippen LogP contribution in [0.4, 0.5) is 0 Å². The van der Waals surface area contributed by atoms with Gasteiger partial charge in [-0.05, 0) is 44.7 Å². The van der Waals surface area contributed by atoms with Gasteiger partial charge in [-0.3, -0.25) is 14.4 Å². The van der Waals surface area contributed by atoms with E-state index in [2.05, 4.69) is 16.4 Å². The Morgan fingerprint density at radius 2 is 1.81 bits per heavy atom. The van der Waals surface area contributed by atoms with Crippen molar-refractivity contribution in [1.82, 2.24) is 15.2 Å². The Balaban J connectivity index is 1.77. The summed E-state index contributed by atoms with van der Waals surface area (Å²) in [6.07, 6.45) is 4.42. The van der Waals surface area contributed by atoms with Gasteiger partial charge in [0.2, 0.25) is 0 Å². The van der Waals surface area contributed by atoms with E-state index in [1.807, 2.05) is 26.0 Å². The number of hydrogen-bond acceptors (Lipinski definition) is 3. The molecule has 0 unspecified atom stereocenters. The Hall–Kier alpha value is -2.89. The van der Waals surface area contributed by atoms with Gasteiger partial charge in [-0.25, -0.2) is 0 Å². The number of carbonyl (C=O) groups excluding carboxylic acids is 2. The molecule has 0 atom stereocenters. The summed E-state index contributed by atoms with van der Waals surface area (Å²) in [6.45, 7) is 4.40. The van der Waals surface area contributed by atoms with E-state index in [9.17, 15) is 14.4 Å². The van der Waals surface area contributed by atoms with Crippen molar-refractivity contribution in [3.05, 3.63) is 68.6 Å². The summed E-state index contributed by atoms with van der Waals surface area (Å²) >= 11 is 0. The molecule has 1 aromatic carbocycles. The van der Waals surface area contributed by atoms with Crippen LogP contribution in [-0.4, -0.2) is 34.8 Å². The van der Waals surface area contributed by atoms with Crippen molar-refractivity contribution in [1.29, 1.82) is 0 Å². The van der Waals surface area contributed by atoms with Gasteiger partial charge in [0.15, 0.2) is 0 Å². The first-order valence-electron chi connectivity index (χ1n) is 9.19. The molecule has 1 heterocycles. The first-order chi connectivity index (χ1) is 12.8. The van der Waals surface area contributed by atoms with Crippen LogP contribution in [0.15, 0.2) is 35.3 Å². The van der Waals surface area contributed by atoms with Gasteiger partial charge in [0, 0.05) is 25.8 Å². The number of nitrogens with one attached hydrogen (secondary N) is 2. The van der Waals surface area contributed by atoms with Crippen molar-refractivity contribution < 1.29 is 9.59 Å². The average molecular weight is 367 g/mol. The molecule has 1 aliphatic carbocycles. The third-order valence-corrected chi connectivity index (χ3v) is 4.88. The first kappa shape index (κ1) is 18.9. The monoisotopic (exact) mass is 367 g/mol.